The summed E-state index contributed by atoms with van der Waals surface area (Å²) in [6, 6.07) is 21.6. The lowest BCUT2D eigenvalue weighted by molar-refractivity contribution is 0.0221. The van der Waals surface area contributed by atoms with E-state index in [9.17, 15) is 0 Å². The minimum Gasteiger partial charge on any atom is -0.376 e. The average Bonchev–Trinajstić information content (AvgIpc) is 2.73. The highest BCUT2D eigenvalue weighted by Gasteiger charge is 2.35. The Kier molecular flexibility index (Phi) is 10.5. The molecule has 0 fully saturated rings. The lowest BCUT2D eigenvalue weighted by Crippen LogP contribution is -2.35. The quantitative estimate of drug-likeness (QED) is 0.294. The van der Waals surface area contributed by atoms with Crippen LogP contribution < -0.4 is 0 Å². The first-order valence-electron chi connectivity index (χ1n) is 11.7. The van der Waals surface area contributed by atoms with E-state index in [1.54, 1.807) is 0 Å². The first kappa shape index (κ1) is 23.7. The van der Waals surface area contributed by atoms with E-state index in [1.165, 1.54) is 49.7 Å². The topological polar surface area (TPSA) is 9.23 Å². The lowest BCUT2D eigenvalue weighted by atomic mass is 9.66. The molecule has 0 bridgehead atoms. The van der Waals surface area contributed by atoms with E-state index in [1.807, 2.05) is 0 Å². The highest BCUT2D eigenvalue weighted by atomic mass is 16.5. The Labute approximate surface area is 179 Å². The van der Waals surface area contributed by atoms with Crippen LogP contribution in [0, 0.1) is 17.3 Å². The minimum absolute atomic E-state index is 0.320. The molecule has 2 aromatic carbocycles. The summed E-state index contributed by atoms with van der Waals surface area (Å²) >= 11 is 0. The van der Waals surface area contributed by atoms with Gasteiger partial charge >= 0.3 is 0 Å². The summed E-state index contributed by atoms with van der Waals surface area (Å²) in [5.74, 6) is 1.23. The minimum atomic E-state index is 0.320. The van der Waals surface area contributed by atoms with Gasteiger partial charge in [-0.1, -0.05) is 114 Å². The summed E-state index contributed by atoms with van der Waals surface area (Å²) in [6.07, 6.45) is 8.87. The smallest absolute Gasteiger partial charge is 0.0717 e. The Hall–Kier alpha value is -1.60. The number of rotatable bonds is 14. The zero-order chi connectivity index (χ0) is 21.0. The second kappa shape index (κ2) is 12.9. The maximum atomic E-state index is 6.27. The van der Waals surface area contributed by atoms with Crippen molar-refractivity contribution in [2.45, 2.75) is 79.2 Å². The van der Waals surface area contributed by atoms with E-state index in [-0.39, 0.29) is 0 Å². The molecule has 0 heterocycles. The molecule has 0 N–H and O–H groups in total. The molecular weight excluding hydrogens is 352 g/mol. The second-order valence-electron chi connectivity index (χ2n) is 9.29. The molecule has 2 atom stereocenters. The Balaban J connectivity index is 2.11. The molecule has 0 aliphatic rings. The number of benzene rings is 2. The summed E-state index contributed by atoms with van der Waals surface area (Å²) < 4.78 is 6.27. The fraction of sp³-hybridized carbons (Fsp3) is 0.571. The Morgan fingerprint density at radius 3 is 2.00 bits per heavy atom. The van der Waals surface area contributed by atoms with Crippen molar-refractivity contribution in [1.29, 1.82) is 0 Å². The van der Waals surface area contributed by atoms with E-state index < -0.39 is 0 Å². The predicted molar refractivity (Wildman–Crippen MR) is 126 cm³/mol. The first-order valence-corrected chi connectivity index (χ1v) is 11.7. The van der Waals surface area contributed by atoms with Crippen molar-refractivity contribution in [3.63, 3.8) is 0 Å². The third-order valence-electron chi connectivity index (χ3n) is 6.40. The molecule has 0 spiro atoms. The SMILES string of the molecule is CCCCCC(C)(C)C(Cc1ccccc1)C(CCC)COCc1ccccc1. The molecule has 2 aromatic rings. The van der Waals surface area contributed by atoms with Gasteiger partial charge in [0.15, 0.2) is 0 Å². The molecule has 160 valence electrons. The van der Waals surface area contributed by atoms with Crippen molar-refractivity contribution in [3.05, 3.63) is 71.8 Å². The molecule has 0 saturated heterocycles. The van der Waals surface area contributed by atoms with Gasteiger partial charge in [0.2, 0.25) is 0 Å². The van der Waals surface area contributed by atoms with Crippen molar-refractivity contribution in [2.24, 2.45) is 17.3 Å². The van der Waals surface area contributed by atoms with Gasteiger partial charge in [0, 0.05) is 0 Å². The highest BCUT2D eigenvalue weighted by molar-refractivity contribution is 5.16. The molecule has 0 saturated carbocycles. The monoisotopic (exact) mass is 394 g/mol. The Bertz CT molecular complexity index is 647. The third-order valence-corrected chi connectivity index (χ3v) is 6.40. The van der Waals surface area contributed by atoms with Crippen LogP contribution in [0.15, 0.2) is 60.7 Å². The largest absolute Gasteiger partial charge is 0.376 e. The standard InChI is InChI=1S/C28H42O/c1-5-7-14-20-28(3,4)27(21-24-16-10-8-11-17-24)26(15-6-2)23-29-22-25-18-12-9-13-19-25/h8-13,16-19,26-27H,5-7,14-15,20-23H2,1-4H3. The van der Waals surface area contributed by atoms with Crippen LogP contribution in [0.5, 0.6) is 0 Å². The van der Waals surface area contributed by atoms with Crippen molar-refractivity contribution in [3.8, 4) is 0 Å². The van der Waals surface area contributed by atoms with Crippen LogP contribution >= 0.6 is 0 Å². The van der Waals surface area contributed by atoms with Crippen molar-refractivity contribution in [2.75, 3.05) is 6.61 Å². The van der Waals surface area contributed by atoms with Gasteiger partial charge < -0.3 is 4.74 Å². The normalized spacial score (nSPS) is 13.9. The molecule has 0 radical (unpaired) electrons. The fourth-order valence-corrected chi connectivity index (χ4v) is 4.64. The van der Waals surface area contributed by atoms with Crippen molar-refractivity contribution >= 4 is 0 Å². The van der Waals surface area contributed by atoms with Gasteiger partial charge in [0.25, 0.3) is 0 Å². The summed E-state index contributed by atoms with van der Waals surface area (Å²) in [6.45, 7) is 11.2. The fourth-order valence-electron chi connectivity index (χ4n) is 4.64. The lowest BCUT2D eigenvalue weighted by Gasteiger charge is -2.40. The van der Waals surface area contributed by atoms with E-state index in [4.69, 9.17) is 4.74 Å². The molecule has 1 nitrogen and oxygen atoms in total. The van der Waals surface area contributed by atoms with E-state index in [2.05, 4.69) is 88.4 Å². The zero-order valence-corrected chi connectivity index (χ0v) is 19.2. The van der Waals surface area contributed by atoms with Crippen LogP contribution in [0.1, 0.15) is 77.3 Å². The van der Waals surface area contributed by atoms with Crippen LogP contribution in [0.3, 0.4) is 0 Å². The predicted octanol–water partition coefficient (Wildman–Crippen LogP) is 8.08. The molecule has 1 heteroatoms. The summed E-state index contributed by atoms with van der Waals surface area (Å²) in [5.41, 5.74) is 3.05. The van der Waals surface area contributed by atoms with Gasteiger partial charge in [-0.2, -0.15) is 0 Å². The molecule has 0 amide bonds. The number of hydrogen-bond donors (Lipinski definition) is 0. The van der Waals surface area contributed by atoms with Gasteiger partial charge in [-0.3, -0.25) is 0 Å². The van der Waals surface area contributed by atoms with Gasteiger partial charge in [-0.15, -0.1) is 0 Å². The van der Waals surface area contributed by atoms with Crippen LogP contribution in [0.2, 0.25) is 0 Å². The Morgan fingerprint density at radius 1 is 0.793 bits per heavy atom. The maximum absolute atomic E-state index is 6.27. The van der Waals surface area contributed by atoms with Crippen LogP contribution in [-0.4, -0.2) is 6.61 Å². The van der Waals surface area contributed by atoms with Crippen molar-refractivity contribution in [1.82, 2.24) is 0 Å². The second-order valence-corrected chi connectivity index (χ2v) is 9.29. The highest BCUT2D eigenvalue weighted by Crippen LogP contribution is 2.41. The van der Waals surface area contributed by atoms with Crippen LogP contribution in [0.4, 0.5) is 0 Å². The number of unbranched alkanes of at least 4 members (excludes halogenated alkanes) is 2. The van der Waals surface area contributed by atoms with Gasteiger partial charge in [-0.25, -0.2) is 0 Å². The van der Waals surface area contributed by atoms with Crippen molar-refractivity contribution < 1.29 is 4.74 Å². The number of hydrogen-bond acceptors (Lipinski definition) is 1. The van der Waals surface area contributed by atoms with Gasteiger partial charge in [0.1, 0.15) is 0 Å². The van der Waals surface area contributed by atoms with Crippen LogP contribution in [-0.2, 0) is 17.8 Å². The summed E-state index contributed by atoms with van der Waals surface area (Å²) in [7, 11) is 0. The summed E-state index contributed by atoms with van der Waals surface area (Å²) in [5, 5.41) is 0. The molecular formula is C28H42O. The zero-order valence-electron chi connectivity index (χ0n) is 19.2. The third kappa shape index (κ3) is 8.34. The number of ether oxygens (including phenoxy) is 1. The Morgan fingerprint density at radius 2 is 1.41 bits per heavy atom. The average molecular weight is 395 g/mol. The molecule has 0 aliphatic heterocycles. The molecule has 29 heavy (non-hydrogen) atoms. The van der Waals surface area contributed by atoms with E-state index in [0.29, 0.717) is 17.3 Å². The van der Waals surface area contributed by atoms with E-state index >= 15 is 0 Å². The molecule has 0 aliphatic carbocycles. The molecule has 2 rings (SSSR count). The van der Waals surface area contributed by atoms with Crippen LogP contribution in [0.25, 0.3) is 0 Å². The van der Waals surface area contributed by atoms with Gasteiger partial charge in [-0.05, 0) is 47.6 Å². The maximum Gasteiger partial charge on any atom is 0.0717 e. The summed E-state index contributed by atoms with van der Waals surface area (Å²) in [4.78, 5) is 0. The van der Waals surface area contributed by atoms with Gasteiger partial charge in [0.05, 0.1) is 13.2 Å². The first-order chi connectivity index (χ1) is 14.1. The van der Waals surface area contributed by atoms with E-state index in [0.717, 1.165) is 19.6 Å². The molecule has 2 unspecified atom stereocenters. The molecule has 0 aromatic heterocycles.